The van der Waals surface area contributed by atoms with Gasteiger partial charge in [0.1, 0.15) is 0 Å². The normalized spacial score (nSPS) is 20.4. The lowest BCUT2D eigenvalue weighted by Gasteiger charge is -2.35. The minimum Gasteiger partial charge on any atom is -0.325 e. The second-order valence-electron chi connectivity index (χ2n) is 7.03. The second-order valence-corrected chi connectivity index (χ2v) is 9.60. The first-order valence-corrected chi connectivity index (χ1v) is 11.1. The maximum absolute atomic E-state index is 11.9. The van der Waals surface area contributed by atoms with Gasteiger partial charge >= 0.3 is 0 Å². The zero-order valence-electron chi connectivity index (χ0n) is 15.7. The molecule has 6 nitrogen and oxygen atoms in total. The smallest absolute Gasteiger partial charge is 0.245 e. The third-order valence-corrected chi connectivity index (χ3v) is 7.89. The van der Waals surface area contributed by atoms with E-state index in [-0.39, 0.29) is 23.0 Å². The van der Waals surface area contributed by atoms with Crippen molar-refractivity contribution in [2.45, 2.75) is 43.4 Å². The molecule has 8 heteroatoms. The van der Waals surface area contributed by atoms with Crippen molar-refractivity contribution >= 4 is 40.6 Å². The average molecular weight is 420 g/mol. The van der Waals surface area contributed by atoms with Gasteiger partial charge < -0.3 is 11.1 Å². The number of hydroxylamine groups is 1. The Balaban J connectivity index is 1.86. The van der Waals surface area contributed by atoms with E-state index in [1.807, 2.05) is 24.3 Å². The van der Waals surface area contributed by atoms with Crippen LogP contribution in [0, 0.1) is 0 Å². The van der Waals surface area contributed by atoms with E-state index in [4.69, 9.17) is 10.9 Å². The van der Waals surface area contributed by atoms with Crippen molar-refractivity contribution in [2.24, 2.45) is 5.73 Å². The number of thiophene rings is 1. The Morgan fingerprint density at radius 2 is 2.11 bits per heavy atom. The number of rotatable bonds is 6. The van der Waals surface area contributed by atoms with E-state index >= 15 is 0 Å². The van der Waals surface area contributed by atoms with Gasteiger partial charge in [-0.1, -0.05) is 18.6 Å². The van der Waals surface area contributed by atoms with Crippen LogP contribution < -0.4 is 16.5 Å². The fourth-order valence-electron chi connectivity index (χ4n) is 3.32. The van der Waals surface area contributed by atoms with Crippen LogP contribution in [-0.2, 0) is 14.3 Å². The summed E-state index contributed by atoms with van der Waals surface area (Å²) in [5.74, 6) is 0.423. The molecule has 2 amide bonds. The molecule has 0 radical (unpaired) electrons. The zero-order chi connectivity index (χ0) is 20.1. The number of carbonyl (C=O) groups excluding carboxylic acids is 2. The zero-order valence-corrected chi connectivity index (χ0v) is 17.4. The Kier molecular flexibility index (Phi) is 6.77. The van der Waals surface area contributed by atoms with Gasteiger partial charge in [-0.15, -0.1) is 23.1 Å². The van der Waals surface area contributed by atoms with Crippen molar-refractivity contribution < 1.29 is 14.8 Å². The molecular weight excluding hydrogens is 394 g/mol. The van der Waals surface area contributed by atoms with Crippen LogP contribution in [0.4, 0.5) is 5.69 Å². The Morgan fingerprint density at radius 3 is 2.79 bits per heavy atom. The van der Waals surface area contributed by atoms with E-state index in [1.54, 1.807) is 35.5 Å². The predicted molar refractivity (Wildman–Crippen MR) is 115 cm³/mol. The number of hydrogen-bond donors (Lipinski definition) is 4. The number of nitrogens with two attached hydrogens (primary N) is 1. The van der Waals surface area contributed by atoms with Crippen LogP contribution in [0.3, 0.4) is 0 Å². The van der Waals surface area contributed by atoms with Crippen molar-refractivity contribution in [1.82, 2.24) is 5.48 Å². The molecule has 2 heterocycles. The maximum atomic E-state index is 11.9. The van der Waals surface area contributed by atoms with E-state index in [0.717, 1.165) is 40.3 Å². The summed E-state index contributed by atoms with van der Waals surface area (Å²) in [6.45, 7) is 1.65. The Morgan fingerprint density at radius 1 is 1.29 bits per heavy atom. The van der Waals surface area contributed by atoms with Gasteiger partial charge in [-0.3, -0.25) is 14.8 Å². The van der Waals surface area contributed by atoms with Crippen LogP contribution >= 0.6 is 23.1 Å². The Bertz CT molecular complexity index is 845. The Labute approximate surface area is 172 Å². The van der Waals surface area contributed by atoms with Gasteiger partial charge in [0.2, 0.25) is 11.8 Å². The largest absolute Gasteiger partial charge is 0.325 e. The quantitative estimate of drug-likeness (QED) is 0.422. The topological polar surface area (TPSA) is 104 Å². The maximum Gasteiger partial charge on any atom is 0.245 e. The summed E-state index contributed by atoms with van der Waals surface area (Å²) in [6.07, 6.45) is 3.39. The minimum absolute atomic E-state index is 0.225. The summed E-state index contributed by atoms with van der Waals surface area (Å²) in [4.78, 5) is 26.0. The third kappa shape index (κ3) is 4.75. The summed E-state index contributed by atoms with van der Waals surface area (Å²) < 4.78 is -0.297. The van der Waals surface area contributed by atoms with E-state index < -0.39 is 6.04 Å². The molecule has 1 aliphatic rings. The molecule has 0 spiro atoms. The molecule has 28 heavy (non-hydrogen) atoms. The lowest BCUT2D eigenvalue weighted by Crippen LogP contribution is -2.32. The number of nitrogens with one attached hydrogen (secondary N) is 2. The number of hydrogen-bond acceptors (Lipinski definition) is 6. The van der Waals surface area contributed by atoms with Crippen molar-refractivity contribution in [3.63, 3.8) is 0 Å². The number of amides is 2. The fraction of sp³-hybridized carbons (Fsp3) is 0.400. The number of benzene rings is 1. The highest BCUT2D eigenvalue weighted by Crippen LogP contribution is 2.50. The summed E-state index contributed by atoms with van der Waals surface area (Å²) in [6, 6.07) is 11.2. The molecule has 0 bridgehead atoms. The average Bonchev–Trinajstić information content (AvgIpc) is 3.20. The summed E-state index contributed by atoms with van der Waals surface area (Å²) >= 11 is 3.46. The summed E-state index contributed by atoms with van der Waals surface area (Å²) in [5, 5.41) is 11.8. The molecule has 5 N–H and O–H groups in total. The molecule has 2 atom stereocenters. The Hall–Kier alpha value is -1.87. The van der Waals surface area contributed by atoms with Crippen molar-refractivity contribution in [2.75, 3.05) is 11.1 Å². The van der Waals surface area contributed by atoms with Gasteiger partial charge in [0.15, 0.2) is 0 Å². The van der Waals surface area contributed by atoms with Gasteiger partial charge in [-0.2, -0.15) is 0 Å². The highest BCUT2D eigenvalue weighted by atomic mass is 32.2. The van der Waals surface area contributed by atoms with Crippen LogP contribution in [0.25, 0.3) is 10.4 Å². The fourth-order valence-corrected chi connectivity index (χ4v) is 6.20. The van der Waals surface area contributed by atoms with Crippen LogP contribution in [0.15, 0.2) is 36.4 Å². The van der Waals surface area contributed by atoms with E-state index in [9.17, 15) is 9.59 Å². The molecule has 1 aromatic heterocycles. The third-order valence-electron chi connectivity index (χ3n) is 4.81. The standard InChI is InChI=1S/C20H25N3O3S2/c1-13(21)19(25)22-15-6-4-5-14(11-15)16-7-8-17(28-16)20(12-18(24)23-26)9-2-3-10-27-20/h4-8,11,13,26H,2-3,9-10,12,21H2,1H3,(H,22,25)(H,23,24)/t13-,20+/m1/s1. The molecule has 3 rings (SSSR count). The number of anilines is 1. The number of carbonyl (C=O) groups is 2. The first kappa shape index (κ1) is 20.9. The van der Waals surface area contributed by atoms with Crippen molar-refractivity contribution in [1.29, 1.82) is 0 Å². The lowest BCUT2D eigenvalue weighted by atomic mass is 9.94. The van der Waals surface area contributed by atoms with Crippen molar-refractivity contribution in [3.05, 3.63) is 41.3 Å². The van der Waals surface area contributed by atoms with Crippen molar-refractivity contribution in [3.8, 4) is 10.4 Å². The van der Waals surface area contributed by atoms with Gasteiger partial charge in [-0.25, -0.2) is 5.48 Å². The number of thioether (sulfide) groups is 1. The van der Waals surface area contributed by atoms with E-state index in [0.29, 0.717) is 5.69 Å². The monoisotopic (exact) mass is 419 g/mol. The van der Waals surface area contributed by atoms with Gasteiger partial charge in [0, 0.05) is 21.9 Å². The van der Waals surface area contributed by atoms with E-state index in [2.05, 4.69) is 17.4 Å². The van der Waals surface area contributed by atoms with Crippen LogP contribution in [-0.4, -0.2) is 28.8 Å². The molecule has 1 aromatic carbocycles. The van der Waals surface area contributed by atoms with Gasteiger partial charge in [0.05, 0.1) is 10.8 Å². The predicted octanol–water partition coefficient (Wildman–Crippen LogP) is 3.71. The van der Waals surface area contributed by atoms with Gasteiger partial charge in [-0.05, 0) is 55.3 Å². The van der Waals surface area contributed by atoms with Crippen LogP contribution in [0.5, 0.6) is 0 Å². The molecule has 1 fully saturated rings. The molecule has 0 aliphatic carbocycles. The first-order chi connectivity index (χ1) is 13.4. The minimum atomic E-state index is -0.571. The lowest BCUT2D eigenvalue weighted by molar-refractivity contribution is -0.129. The SMILES string of the molecule is C[C@@H](N)C(=O)Nc1cccc(-c2ccc([C@@]3(CC(=O)NO)CCCCS3)s2)c1. The molecule has 0 unspecified atom stereocenters. The van der Waals surface area contributed by atoms with E-state index in [1.165, 1.54) is 0 Å². The molecule has 0 saturated carbocycles. The summed E-state index contributed by atoms with van der Waals surface area (Å²) in [7, 11) is 0. The highest BCUT2D eigenvalue weighted by molar-refractivity contribution is 8.00. The van der Waals surface area contributed by atoms with Crippen LogP contribution in [0.2, 0.25) is 0 Å². The molecular formula is C20H25N3O3S2. The first-order valence-electron chi connectivity index (χ1n) is 9.27. The van der Waals surface area contributed by atoms with Gasteiger partial charge in [0.25, 0.3) is 0 Å². The second kappa shape index (κ2) is 9.09. The highest BCUT2D eigenvalue weighted by Gasteiger charge is 2.38. The molecule has 1 aliphatic heterocycles. The molecule has 1 saturated heterocycles. The summed E-state index contributed by atoms with van der Waals surface area (Å²) in [5.41, 5.74) is 9.11. The molecule has 150 valence electrons. The molecule has 2 aromatic rings. The van der Waals surface area contributed by atoms with Crippen LogP contribution in [0.1, 0.15) is 37.5 Å².